The van der Waals surface area contributed by atoms with Gasteiger partial charge in [0.1, 0.15) is 0 Å². The maximum atomic E-state index is 5.41. The fourth-order valence-corrected chi connectivity index (χ4v) is 2.55. The van der Waals surface area contributed by atoms with Crippen molar-refractivity contribution in [1.29, 1.82) is 0 Å². The molecule has 1 rings (SSSR count). The van der Waals surface area contributed by atoms with Gasteiger partial charge in [-0.25, -0.2) is 0 Å². The first-order valence-corrected chi connectivity index (χ1v) is 8.61. The van der Waals surface area contributed by atoms with Crippen LogP contribution in [0.1, 0.15) is 53.4 Å². The second-order valence-corrected chi connectivity index (χ2v) is 7.05. The van der Waals surface area contributed by atoms with Gasteiger partial charge >= 0.3 is 0 Å². The minimum Gasteiger partial charge on any atom is -0.381 e. The van der Waals surface area contributed by atoms with Crippen molar-refractivity contribution in [2.24, 2.45) is 11.8 Å². The molecule has 1 fully saturated rings. The van der Waals surface area contributed by atoms with Crippen molar-refractivity contribution in [3.8, 4) is 0 Å². The Morgan fingerprint density at radius 2 is 1.50 bits per heavy atom. The highest BCUT2D eigenvalue weighted by Crippen LogP contribution is 2.08. The molecule has 0 aromatic heterocycles. The number of nitrogens with zero attached hydrogens (tertiary/aromatic N) is 1. The highest BCUT2D eigenvalue weighted by molar-refractivity contribution is 4.71. The van der Waals surface area contributed by atoms with Crippen molar-refractivity contribution in [3.63, 3.8) is 0 Å². The Morgan fingerprint density at radius 1 is 0.950 bits per heavy atom. The summed E-state index contributed by atoms with van der Waals surface area (Å²) in [5.74, 6) is 1.61. The molecular weight excluding hydrogens is 248 g/mol. The number of rotatable bonds is 10. The molecule has 0 saturated carbocycles. The summed E-state index contributed by atoms with van der Waals surface area (Å²) >= 11 is 0. The summed E-state index contributed by atoms with van der Waals surface area (Å²) in [5, 5.41) is 3.71. The minimum atomic E-state index is 0.681. The third-order valence-electron chi connectivity index (χ3n) is 4.13. The van der Waals surface area contributed by atoms with E-state index in [9.17, 15) is 0 Å². The lowest BCUT2D eigenvalue weighted by atomic mass is 10.1. The summed E-state index contributed by atoms with van der Waals surface area (Å²) in [6.45, 7) is 16.0. The third-order valence-corrected chi connectivity index (χ3v) is 4.13. The number of ether oxygens (including phenoxy) is 1. The second kappa shape index (κ2) is 10.6. The van der Waals surface area contributed by atoms with Crippen LogP contribution < -0.4 is 5.32 Å². The molecular formula is C17H36N2O. The Balaban J connectivity index is 2.19. The van der Waals surface area contributed by atoms with E-state index in [-0.39, 0.29) is 0 Å². The average Bonchev–Trinajstić information content (AvgIpc) is 2.42. The fraction of sp³-hybridized carbons (Fsp3) is 1.00. The summed E-state index contributed by atoms with van der Waals surface area (Å²) in [5.41, 5.74) is 0. The lowest BCUT2D eigenvalue weighted by Gasteiger charge is -2.27. The zero-order valence-electron chi connectivity index (χ0n) is 14.2. The third kappa shape index (κ3) is 8.93. The first kappa shape index (κ1) is 17.9. The van der Waals surface area contributed by atoms with Crippen LogP contribution in [0.25, 0.3) is 0 Å². The van der Waals surface area contributed by atoms with E-state index in [0.29, 0.717) is 6.04 Å². The normalized spacial score (nSPS) is 17.6. The molecule has 1 N–H and O–H groups in total. The summed E-state index contributed by atoms with van der Waals surface area (Å²) in [7, 11) is 0. The van der Waals surface area contributed by atoms with Crippen LogP contribution in [-0.4, -0.2) is 50.3 Å². The molecule has 120 valence electrons. The zero-order chi connectivity index (χ0) is 14.8. The Hall–Kier alpha value is -0.120. The van der Waals surface area contributed by atoms with E-state index in [0.717, 1.165) is 31.6 Å². The molecule has 0 spiro atoms. The van der Waals surface area contributed by atoms with Crippen LogP contribution >= 0.6 is 0 Å². The van der Waals surface area contributed by atoms with Gasteiger partial charge in [0.25, 0.3) is 0 Å². The number of hydrogen-bond acceptors (Lipinski definition) is 3. The Kier molecular flexibility index (Phi) is 9.49. The van der Waals surface area contributed by atoms with E-state index in [2.05, 4.69) is 37.9 Å². The molecule has 0 aromatic rings. The van der Waals surface area contributed by atoms with E-state index >= 15 is 0 Å². The second-order valence-electron chi connectivity index (χ2n) is 7.05. The van der Waals surface area contributed by atoms with Gasteiger partial charge in [0.05, 0.1) is 0 Å². The lowest BCUT2D eigenvalue weighted by Crippen LogP contribution is -2.40. The van der Waals surface area contributed by atoms with Crippen molar-refractivity contribution < 1.29 is 4.74 Å². The first-order valence-electron chi connectivity index (χ1n) is 8.61. The Labute approximate surface area is 126 Å². The van der Waals surface area contributed by atoms with Crippen molar-refractivity contribution in [3.05, 3.63) is 0 Å². The molecule has 0 aliphatic carbocycles. The molecule has 0 amide bonds. The lowest BCUT2D eigenvalue weighted by molar-refractivity contribution is 0.0771. The molecule has 0 bridgehead atoms. The first-order chi connectivity index (χ1) is 9.58. The molecule has 1 heterocycles. The van der Waals surface area contributed by atoms with Gasteiger partial charge in [-0.3, -0.25) is 0 Å². The van der Waals surface area contributed by atoms with Gasteiger partial charge < -0.3 is 15.0 Å². The van der Waals surface area contributed by atoms with Crippen LogP contribution in [0.5, 0.6) is 0 Å². The zero-order valence-corrected chi connectivity index (χ0v) is 14.2. The monoisotopic (exact) mass is 284 g/mol. The van der Waals surface area contributed by atoms with Gasteiger partial charge in [0, 0.05) is 32.3 Å². The summed E-state index contributed by atoms with van der Waals surface area (Å²) in [6, 6.07) is 0.681. The minimum absolute atomic E-state index is 0.681. The van der Waals surface area contributed by atoms with Crippen LogP contribution in [0.2, 0.25) is 0 Å². The van der Waals surface area contributed by atoms with E-state index in [1.807, 2.05) is 0 Å². The van der Waals surface area contributed by atoms with E-state index < -0.39 is 0 Å². The number of nitrogens with one attached hydrogen (secondary N) is 1. The smallest absolute Gasteiger partial charge is 0.0480 e. The van der Waals surface area contributed by atoms with Crippen LogP contribution in [0.4, 0.5) is 0 Å². The summed E-state index contributed by atoms with van der Waals surface area (Å²) < 4.78 is 5.41. The molecule has 0 unspecified atom stereocenters. The van der Waals surface area contributed by atoms with E-state index in [4.69, 9.17) is 4.74 Å². The topological polar surface area (TPSA) is 24.5 Å². The molecule has 0 radical (unpaired) electrons. The standard InChI is InChI=1S/C17H36N2O/c1-15(2)5-10-19(11-6-16(3)4)12-9-18-17-7-13-20-14-8-17/h15-18H,5-14H2,1-4H3. The molecule has 1 aliphatic rings. The van der Waals surface area contributed by atoms with Crippen molar-refractivity contribution in [2.45, 2.75) is 59.4 Å². The largest absolute Gasteiger partial charge is 0.381 e. The molecule has 20 heavy (non-hydrogen) atoms. The fourth-order valence-electron chi connectivity index (χ4n) is 2.55. The van der Waals surface area contributed by atoms with Crippen LogP contribution in [-0.2, 0) is 4.74 Å². The Bertz CT molecular complexity index is 213. The number of hydrogen-bond donors (Lipinski definition) is 1. The van der Waals surface area contributed by atoms with Gasteiger partial charge in [-0.1, -0.05) is 27.7 Å². The maximum Gasteiger partial charge on any atom is 0.0480 e. The summed E-state index contributed by atoms with van der Waals surface area (Å²) in [4.78, 5) is 2.65. The van der Waals surface area contributed by atoms with E-state index in [1.165, 1.54) is 45.3 Å². The van der Waals surface area contributed by atoms with Gasteiger partial charge in [-0.05, 0) is 50.6 Å². The average molecular weight is 284 g/mol. The van der Waals surface area contributed by atoms with Gasteiger partial charge in [0.2, 0.25) is 0 Å². The highest BCUT2D eigenvalue weighted by atomic mass is 16.5. The van der Waals surface area contributed by atoms with Gasteiger partial charge in [0.15, 0.2) is 0 Å². The summed E-state index contributed by atoms with van der Waals surface area (Å²) in [6.07, 6.45) is 4.99. The van der Waals surface area contributed by atoms with Crippen LogP contribution in [0, 0.1) is 11.8 Å². The van der Waals surface area contributed by atoms with Crippen molar-refractivity contribution in [1.82, 2.24) is 10.2 Å². The molecule has 0 aromatic carbocycles. The highest BCUT2D eigenvalue weighted by Gasteiger charge is 2.13. The quantitative estimate of drug-likeness (QED) is 0.667. The van der Waals surface area contributed by atoms with Crippen molar-refractivity contribution in [2.75, 3.05) is 39.4 Å². The Morgan fingerprint density at radius 3 is 2.00 bits per heavy atom. The molecule has 1 saturated heterocycles. The predicted molar refractivity (Wildman–Crippen MR) is 87.2 cm³/mol. The van der Waals surface area contributed by atoms with Crippen LogP contribution in [0.15, 0.2) is 0 Å². The van der Waals surface area contributed by atoms with Crippen molar-refractivity contribution >= 4 is 0 Å². The predicted octanol–water partition coefficient (Wildman–Crippen LogP) is 3.15. The molecule has 3 nitrogen and oxygen atoms in total. The van der Waals surface area contributed by atoms with Crippen LogP contribution in [0.3, 0.4) is 0 Å². The molecule has 0 atom stereocenters. The molecule has 1 aliphatic heterocycles. The SMILES string of the molecule is CC(C)CCN(CCNC1CCOCC1)CCC(C)C. The van der Waals surface area contributed by atoms with Gasteiger partial charge in [-0.2, -0.15) is 0 Å². The maximum absolute atomic E-state index is 5.41. The van der Waals surface area contributed by atoms with E-state index in [1.54, 1.807) is 0 Å². The molecule has 3 heteroatoms. The van der Waals surface area contributed by atoms with Gasteiger partial charge in [-0.15, -0.1) is 0 Å².